The molecule has 2 aromatic rings. The molecule has 0 saturated heterocycles. The summed E-state index contributed by atoms with van der Waals surface area (Å²) in [6.45, 7) is 0.879. The molecule has 2 heterocycles. The number of hydrogen-bond acceptors (Lipinski definition) is 5. The lowest BCUT2D eigenvalue weighted by Gasteiger charge is -2.13. The number of hydrogen-bond donors (Lipinski definition) is 2. The highest BCUT2D eigenvalue weighted by Gasteiger charge is 2.31. The molecule has 0 fully saturated rings. The first-order chi connectivity index (χ1) is 12.3. The van der Waals surface area contributed by atoms with E-state index in [2.05, 4.69) is 30.7 Å². The summed E-state index contributed by atoms with van der Waals surface area (Å²) in [6.07, 6.45) is -2.38. The van der Waals surface area contributed by atoms with Crippen molar-refractivity contribution >= 4 is 41.5 Å². The van der Waals surface area contributed by atoms with Crippen LogP contribution in [0.4, 0.5) is 13.2 Å². The van der Waals surface area contributed by atoms with Crippen LogP contribution in [-0.2, 0) is 19.8 Å². The standard InChI is InChI=1S/C14H17ClF3N7O.HI/c1-19-13(22-7-11-23-8-24-25(11)2)20-3-4-26-12-10(15)5-9(6-21-12)14(16,17)18;/h5-6,8H,3-4,7H2,1-2H3,(H2,19,20,22);1H. The SMILES string of the molecule is CN=C(NCCOc1ncc(C(F)(F)F)cc1Cl)NCc1ncnn1C.I. The van der Waals surface area contributed by atoms with Crippen LogP contribution in [0, 0.1) is 0 Å². The lowest BCUT2D eigenvalue weighted by molar-refractivity contribution is -0.137. The number of aromatic nitrogens is 4. The highest BCUT2D eigenvalue weighted by Crippen LogP contribution is 2.32. The van der Waals surface area contributed by atoms with Gasteiger partial charge in [-0.3, -0.25) is 9.67 Å². The third-order valence-electron chi connectivity index (χ3n) is 3.21. The molecule has 0 radical (unpaired) electrons. The summed E-state index contributed by atoms with van der Waals surface area (Å²) in [5.74, 6) is 1.16. The first-order valence-electron chi connectivity index (χ1n) is 7.44. The predicted octanol–water partition coefficient (Wildman–Crippen LogP) is 2.24. The Morgan fingerprint density at radius 2 is 2.07 bits per heavy atom. The predicted molar refractivity (Wildman–Crippen MR) is 104 cm³/mol. The number of guanidine groups is 1. The smallest absolute Gasteiger partial charge is 0.417 e. The lowest BCUT2D eigenvalue weighted by atomic mass is 10.3. The Hall–Kier alpha value is -1.83. The van der Waals surface area contributed by atoms with Crippen LogP contribution in [0.25, 0.3) is 0 Å². The fourth-order valence-corrected chi connectivity index (χ4v) is 2.09. The second-order valence-corrected chi connectivity index (χ2v) is 5.42. The van der Waals surface area contributed by atoms with E-state index in [0.29, 0.717) is 25.2 Å². The van der Waals surface area contributed by atoms with Gasteiger partial charge in [-0.15, -0.1) is 24.0 Å². The molecule has 2 N–H and O–H groups in total. The molecule has 150 valence electrons. The van der Waals surface area contributed by atoms with Gasteiger partial charge in [0.1, 0.15) is 23.8 Å². The number of aryl methyl sites for hydroxylation is 1. The zero-order valence-corrected chi connectivity index (χ0v) is 17.5. The topological polar surface area (TPSA) is 89.2 Å². The summed E-state index contributed by atoms with van der Waals surface area (Å²) >= 11 is 5.77. The van der Waals surface area contributed by atoms with Crippen molar-refractivity contribution in [2.24, 2.45) is 12.0 Å². The van der Waals surface area contributed by atoms with Crippen molar-refractivity contribution in [3.63, 3.8) is 0 Å². The van der Waals surface area contributed by atoms with Crippen LogP contribution in [-0.4, -0.2) is 45.9 Å². The molecule has 2 aromatic heterocycles. The maximum absolute atomic E-state index is 12.6. The molecule has 0 aromatic carbocycles. The molecule has 13 heteroatoms. The summed E-state index contributed by atoms with van der Waals surface area (Å²) in [4.78, 5) is 11.7. The van der Waals surface area contributed by atoms with Crippen LogP contribution in [0.2, 0.25) is 5.02 Å². The minimum absolute atomic E-state index is 0. The minimum atomic E-state index is -4.50. The van der Waals surface area contributed by atoms with E-state index in [0.717, 1.165) is 11.9 Å². The molecule has 0 saturated carbocycles. The molecule has 0 spiro atoms. The van der Waals surface area contributed by atoms with E-state index in [1.54, 1.807) is 18.8 Å². The Morgan fingerprint density at radius 1 is 1.33 bits per heavy atom. The Bertz CT molecular complexity index is 769. The molecule has 0 aliphatic carbocycles. The van der Waals surface area contributed by atoms with Crippen LogP contribution >= 0.6 is 35.6 Å². The van der Waals surface area contributed by atoms with Gasteiger partial charge in [-0.2, -0.15) is 18.3 Å². The Morgan fingerprint density at radius 3 is 2.63 bits per heavy atom. The van der Waals surface area contributed by atoms with Gasteiger partial charge in [-0.1, -0.05) is 11.6 Å². The fraction of sp³-hybridized carbons (Fsp3) is 0.429. The summed E-state index contributed by atoms with van der Waals surface area (Å²) < 4.78 is 44.6. The molecular formula is C14H18ClF3IN7O. The van der Waals surface area contributed by atoms with E-state index < -0.39 is 11.7 Å². The summed E-state index contributed by atoms with van der Waals surface area (Å²) in [5, 5.41) is 9.77. The monoisotopic (exact) mass is 519 g/mol. The zero-order chi connectivity index (χ0) is 19.2. The Balaban J connectivity index is 0.00000364. The van der Waals surface area contributed by atoms with Gasteiger partial charge < -0.3 is 15.4 Å². The molecule has 8 nitrogen and oxygen atoms in total. The van der Waals surface area contributed by atoms with Crippen LogP contribution in [0.15, 0.2) is 23.6 Å². The van der Waals surface area contributed by atoms with Crippen molar-refractivity contribution in [3.05, 3.63) is 35.0 Å². The van der Waals surface area contributed by atoms with Crippen molar-refractivity contribution in [2.45, 2.75) is 12.7 Å². The third-order valence-corrected chi connectivity index (χ3v) is 3.48. The van der Waals surface area contributed by atoms with Crippen LogP contribution in [0.3, 0.4) is 0 Å². The number of nitrogens with zero attached hydrogens (tertiary/aromatic N) is 5. The van der Waals surface area contributed by atoms with Gasteiger partial charge in [-0.25, -0.2) is 9.97 Å². The molecule has 0 aliphatic rings. The van der Waals surface area contributed by atoms with Gasteiger partial charge in [-0.05, 0) is 6.07 Å². The van der Waals surface area contributed by atoms with Crippen molar-refractivity contribution in [3.8, 4) is 5.88 Å². The van der Waals surface area contributed by atoms with Gasteiger partial charge in [0.25, 0.3) is 0 Å². The number of ether oxygens (including phenoxy) is 1. The van der Waals surface area contributed by atoms with E-state index >= 15 is 0 Å². The minimum Gasteiger partial charge on any atom is -0.475 e. The quantitative estimate of drug-likeness (QED) is 0.263. The van der Waals surface area contributed by atoms with Gasteiger partial charge in [0.05, 0.1) is 18.7 Å². The average molecular weight is 520 g/mol. The molecule has 0 atom stereocenters. The Kier molecular flexibility index (Phi) is 9.02. The second-order valence-electron chi connectivity index (χ2n) is 5.01. The van der Waals surface area contributed by atoms with Crippen molar-refractivity contribution in [1.82, 2.24) is 30.4 Å². The van der Waals surface area contributed by atoms with Crippen LogP contribution in [0.5, 0.6) is 5.88 Å². The number of pyridine rings is 1. The highest BCUT2D eigenvalue weighted by molar-refractivity contribution is 14.0. The van der Waals surface area contributed by atoms with E-state index in [1.165, 1.54) is 6.33 Å². The van der Waals surface area contributed by atoms with E-state index in [1.807, 2.05) is 0 Å². The fourth-order valence-electron chi connectivity index (χ4n) is 1.87. The average Bonchev–Trinajstić information content (AvgIpc) is 2.99. The highest BCUT2D eigenvalue weighted by atomic mass is 127. The number of alkyl halides is 3. The first kappa shape index (κ1) is 23.2. The van der Waals surface area contributed by atoms with Crippen molar-refractivity contribution in [2.75, 3.05) is 20.2 Å². The van der Waals surface area contributed by atoms with Crippen LogP contribution < -0.4 is 15.4 Å². The summed E-state index contributed by atoms with van der Waals surface area (Å²) in [5.41, 5.74) is -0.929. The molecular weight excluding hydrogens is 502 g/mol. The summed E-state index contributed by atoms with van der Waals surface area (Å²) in [7, 11) is 3.37. The maximum Gasteiger partial charge on any atom is 0.417 e. The normalized spacial score (nSPS) is 11.7. The van der Waals surface area contributed by atoms with Crippen LogP contribution in [0.1, 0.15) is 11.4 Å². The third kappa shape index (κ3) is 7.01. The van der Waals surface area contributed by atoms with E-state index in [4.69, 9.17) is 16.3 Å². The molecule has 0 amide bonds. The van der Waals surface area contributed by atoms with Gasteiger partial charge in [0.2, 0.25) is 5.88 Å². The van der Waals surface area contributed by atoms with Gasteiger partial charge in [0, 0.05) is 20.3 Å². The number of aliphatic imine (C=N–C) groups is 1. The van der Waals surface area contributed by atoms with E-state index in [9.17, 15) is 13.2 Å². The molecule has 0 unspecified atom stereocenters. The van der Waals surface area contributed by atoms with E-state index in [-0.39, 0.29) is 41.5 Å². The first-order valence-corrected chi connectivity index (χ1v) is 7.82. The van der Waals surface area contributed by atoms with Gasteiger partial charge >= 0.3 is 6.18 Å². The summed E-state index contributed by atoms with van der Waals surface area (Å²) in [6, 6.07) is 0.776. The van der Waals surface area contributed by atoms with Crippen molar-refractivity contribution < 1.29 is 17.9 Å². The zero-order valence-electron chi connectivity index (χ0n) is 14.4. The molecule has 0 bridgehead atoms. The van der Waals surface area contributed by atoms with Crippen molar-refractivity contribution in [1.29, 1.82) is 0 Å². The molecule has 0 aliphatic heterocycles. The molecule has 27 heavy (non-hydrogen) atoms. The maximum atomic E-state index is 12.6. The second kappa shape index (κ2) is 10.5. The molecule has 2 rings (SSSR count). The number of halogens is 5. The number of nitrogens with one attached hydrogen (secondary N) is 2. The lowest BCUT2D eigenvalue weighted by Crippen LogP contribution is -2.39. The number of rotatable bonds is 6. The largest absolute Gasteiger partial charge is 0.475 e. The van der Waals surface area contributed by atoms with Gasteiger partial charge in [0.15, 0.2) is 5.96 Å². The Labute approximate surface area is 175 Å².